The summed E-state index contributed by atoms with van der Waals surface area (Å²) in [6.07, 6.45) is 0.681. The third kappa shape index (κ3) is 3.96. The fourth-order valence-corrected chi connectivity index (χ4v) is 2.58. The number of H-pyrrole nitrogens is 1. The molecule has 1 amide bonds. The van der Waals surface area contributed by atoms with E-state index in [-0.39, 0.29) is 41.1 Å². The van der Waals surface area contributed by atoms with E-state index in [2.05, 4.69) is 25.6 Å². The van der Waals surface area contributed by atoms with Crippen LogP contribution in [0.5, 0.6) is 0 Å². The van der Waals surface area contributed by atoms with Gasteiger partial charge in [-0.1, -0.05) is 28.3 Å². The number of halogens is 3. The third-order valence-electron chi connectivity index (χ3n) is 3.25. The number of aromatic nitrogens is 1. The van der Waals surface area contributed by atoms with Crippen molar-refractivity contribution in [3.63, 3.8) is 0 Å². The fourth-order valence-electron chi connectivity index (χ4n) is 2.17. The number of amides is 1. The van der Waals surface area contributed by atoms with Crippen LogP contribution in [0.1, 0.15) is 22.6 Å². The predicted octanol–water partition coefficient (Wildman–Crippen LogP) is 2.82. The lowest BCUT2D eigenvalue weighted by Gasteiger charge is -2.29. The Kier molecular flexibility index (Phi) is 6.64. The number of hydrogen-bond acceptors (Lipinski definition) is 3. The Morgan fingerprint density at radius 3 is 2.76 bits per heavy atom. The Balaban J connectivity index is 0.00000220. The number of piperidine rings is 1. The molecule has 116 valence electrons. The molecule has 0 spiro atoms. The summed E-state index contributed by atoms with van der Waals surface area (Å²) >= 11 is 11.9. The van der Waals surface area contributed by atoms with Crippen molar-refractivity contribution in [3.05, 3.63) is 31.9 Å². The Labute approximate surface area is 137 Å². The van der Waals surface area contributed by atoms with Crippen molar-refractivity contribution in [2.24, 2.45) is 5.11 Å². The average Bonchev–Trinajstić information content (AvgIpc) is 2.69. The molecule has 3 N–H and O–H groups in total. The van der Waals surface area contributed by atoms with E-state index in [1.54, 1.807) is 6.92 Å². The highest BCUT2D eigenvalue weighted by molar-refractivity contribution is 6.44. The van der Waals surface area contributed by atoms with Crippen LogP contribution in [0.2, 0.25) is 10.0 Å². The molecule has 1 aromatic rings. The van der Waals surface area contributed by atoms with Gasteiger partial charge in [0, 0.05) is 23.2 Å². The molecule has 0 unspecified atom stereocenters. The van der Waals surface area contributed by atoms with Crippen molar-refractivity contribution < 1.29 is 4.79 Å². The fraction of sp³-hybridized carbons (Fsp3) is 0.545. The van der Waals surface area contributed by atoms with Gasteiger partial charge in [0.1, 0.15) is 5.69 Å². The molecule has 2 heterocycles. The van der Waals surface area contributed by atoms with Gasteiger partial charge in [-0.3, -0.25) is 4.79 Å². The van der Waals surface area contributed by atoms with Crippen LogP contribution < -0.4 is 10.6 Å². The molecule has 0 aliphatic carbocycles. The number of nitrogens with one attached hydrogen (secondary N) is 3. The first-order valence-corrected chi connectivity index (χ1v) is 6.89. The summed E-state index contributed by atoms with van der Waals surface area (Å²) in [6, 6.07) is -0.541. The van der Waals surface area contributed by atoms with E-state index >= 15 is 0 Å². The molecule has 1 aromatic heterocycles. The number of azide groups is 1. The average molecular weight is 354 g/mol. The van der Waals surface area contributed by atoms with Gasteiger partial charge >= 0.3 is 0 Å². The Hall–Kier alpha value is -1.11. The van der Waals surface area contributed by atoms with Gasteiger partial charge in [0.05, 0.1) is 16.1 Å². The Morgan fingerprint density at radius 2 is 2.19 bits per heavy atom. The molecular weight excluding hydrogens is 339 g/mol. The second kappa shape index (κ2) is 7.77. The maximum Gasteiger partial charge on any atom is 0.269 e. The quantitative estimate of drug-likeness (QED) is 0.441. The third-order valence-corrected chi connectivity index (χ3v) is 4.19. The summed E-state index contributed by atoms with van der Waals surface area (Å²) in [5.74, 6) is -0.352. The first kappa shape index (κ1) is 17.9. The number of nitrogens with zero attached hydrogens (tertiary/aromatic N) is 3. The monoisotopic (exact) mass is 352 g/mol. The number of aromatic amines is 1. The van der Waals surface area contributed by atoms with Crippen LogP contribution in [0.4, 0.5) is 0 Å². The van der Waals surface area contributed by atoms with Crippen LogP contribution in [0.15, 0.2) is 5.11 Å². The van der Waals surface area contributed by atoms with Gasteiger partial charge < -0.3 is 15.6 Å². The van der Waals surface area contributed by atoms with Gasteiger partial charge in [-0.15, -0.1) is 12.4 Å². The predicted molar refractivity (Wildman–Crippen MR) is 84.5 cm³/mol. The molecule has 10 heteroatoms. The van der Waals surface area contributed by atoms with Gasteiger partial charge in [-0.2, -0.15) is 0 Å². The second-order valence-electron chi connectivity index (χ2n) is 4.60. The molecule has 2 atom stereocenters. The topological polar surface area (TPSA) is 106 Å². The van der Waals surface area contributed by atoms with E-state index in [4.69, 9.17) is 28.7 Å². The molecule has 0 saturated carbocycles. The molecule has 2 rings (SSSR count). The van der Waals surface area contributed by atoms with E-state index in [1.807, 2.05) is 0 Å². The maximum absolute atomic E-state index is 12.2. The molecule has 1 fully saturated rings. The lowest BCUT2D eigenvalue weighted by molar-refractivity contribution is 0.0919. The summed E-state index contributed by atoms with van der Waals surface area (Å²) in [6.45, 7) is 3.02. The number of carbonyl (C=O) groups excluding carboxylic acids is 1. The maximum atomic E-state index is 12.2. The highest BCUT2D eigenvalue weighted by Crippen LogP contribution is 2.29. The zero-order chi connectivity index (χ0) is 14.7. The molecule has 0 aromatic carbocycles. The molecule has 7 nitrogen and oxygen atoms in total. The normalized spacial score (nSPS) is 21.1. The molecular formula is C11H15Cl3N6O. The minimum absolute atomic E-state index is 0. The summed E-state index contributed by atoms with van der Waals surface area (Å²) < 4.78 is 0. The first-order chi connectivity index (χ1) is 9.54. The Bertz CT molecular complexity index is 569. The summed E-state index contributed by atoms with van der Waals surface area (Å²) in [5, 5.41) is 10.2. The SMILES string of the molecule is Cc1[nH]c(C(=O)N[C@H]2CCNC[C@H]2N=[N+]=[N-])c(Cl)c1Cl.Cl. The number of carbonyl (C=O) groups is 1. The van der Waals surface area contributed by atoms with Crippen molar-refractivity contribution in [3.8, 4) is 0 Å². The van der Waals surface area contributed by atoms with E-state index in [9.17, 15) is 4.79 Å². The standard InChI is InChI=1S/C11H14Cl2N6O.ClH/c1-5-8(12)9(13)10(16-5)11(20)17-6-2-3-15-4-7(6)18-19-14;/h6-7,15-16H,2-4H2,1H3,(H,17,20);1H/t6-,7+;/m0./s1. The first-order valence-electron chi connectivity index (χ1n) is 6.14. The molecule has 1 aliphatic rings. The summed E-state index contributed by atoms with van der Waals surface area (Å²) in [4.78, 5) is 17.9. The van der Waals surface area contributed by atoms with E-state index < -0.39 is 0 Å². The van der Waals surface area contributed by atoms with Gasteiger partial charge in [0.25, 0.3) is 5.91 Å². The van der Waals surface area contributed by atoms with Crippen molar-refractivity contribution in [1.82, 2.24) is 15.6 Å². The van der Waals surface area contributed by atoms with E-state index in [1.165, 1.54) is 0 Å². The number of hydrogen-bond donors (Lipinski definition) is 3. The van der Waals surface area contributed by atoms with Crippen LogP contribution >= 0.6 is 35.6 Å². The molecule has 21 heavy (non-hydrogen) atoms. The number of aryl methyl sites for hydroxylation is 1. The van der Waals surface area contributed by atoms with Gasteiger partial charge in [-0.05, 0) is 25.4 Å². The van der Waals surface area contributed by atoms with Gasteiger partial charge in [-0.25, -0.2) is 0 Å². The molecule has 0 bridgehead atoms. The van der Waals surface area contributed by atoms with Crippen LogP contribution in [0.3, 0.4) is 0 Å². The summed E-state index contributed by atoms with van der Waals surface area (Å²) in [7, 11) is 0. The van der Waals surface area contributed by atoms with Crippen molar-refractivity contribution >= 4 is 41.5 Å². The number of rotatable bonds is 3. The largest absolute Gasteiger partial charge is 0.352 e. The van der Waals surface area contributed by atoms with E-state index in [0.29, 0.717) is 23.7 Å². The highest BCUT2D eigenvalue weighted by atomic mass is 35.5. The van der Waals surface area contributed by atoms with Crippen molar-refractivity contribution in [2.75, 3.05) is 13.1 Å². The van der Waals surface area contributed by atoms with Gasteiger partial charge in [0.2, 0.25) is 0 Å². The van der Waals surface area contributed by atoms with Crippen LogP contribution in [-0.4, -0.2) is 36.1 Å². The zero-order valence-electron chi connectivity index (χ0n) is 11.2. The lowest BCUT2D eigenvalue weighted by atomic mass is 10.0. The van der Waals surface area contributed by atoms with Crippen LogP contribution in [0, 0.1) is 6.92 Å². The lowest BCUT2D eigenvalue weighted by Crippen LogP contribution is -2.51. The smallest absolute Gasteiger partial charge is 0.269 e. The van der Waals surface area contributed by atoms with Crippen molar-refractivity contribution in [2.45, 2.75) is 25.4 Å². The van der Waals surface area contributed by atoms with Gasteiger partial charge in [0.15, 0.2) is 0 Å². The van der Waals surface area contributed by atoms with Crippen LogP contribution in [0.25, 0.3) is 10.4 Å². The van der Waals surface area contributed by atoms with Crippen LogP contribution in [-0.2, 0) is 0 Å². The Morgan fingerprint density at radius 1 is 1.48 bits per heavy atom. The van der Waals surface area contributed by atoms with Crippen molar-refractivity contribution in [1.29, 1.82) is 0 Å². The highest BCUT2D eigenvalue weighted by Gasteiger charge is 2.27. The second-order valence-corrected chi connectivity index (χ2v) is 5.35. The molecule has 1 aliphatic heterocycles. The van der Waals surface area contributed by atoms with E-state index in [0.717, 1.165) is 6.54 Å². The molecule has 0 radical (unpaired) electrons. The summed E-state index contributed by atoms with van der Waals surface area (Å²) in [5.41, 5.74) is 9.41. The molecule has 1 saturated heterocycles. The zero-order valence-corrected chi connectivity index (χ0v) is 13.5. The minimum Gasteiger partial charge on any atom is -0.352 e. The minimum atomic E-state index is -0.352.